The van der Waals surface area contributed by atoms with E-state index in [4.69, 9.17) is 11.6 Å². The van der Waals surface area contributed by atoms with Crippen molar-refractivity contribution in [3.63, 3.8) is 0 Å². The minimum atomic E-state index is -3.73. The number of carbonyl (C=O) groups is 1. The molecule has 154 valence electrons. The van der Waals surface area contributed by atoms with Crippen molar-refractivity contribution in [3.05, 3.63) is 58.6 Å². The van der Waals surface area contributed by atoms with Crippen LogP contribution < -0.4 is 9.62 Å². The molecule has 1 N–H and O–H groups in total. The maximum absolute atomic E-state index is 13.0. The normalized spacial score (nSPS) is 23.2. The van der Waals surface area contributed by atoms with Gasteiger partial charge in [-0.05, 0) is 68.4 Å². The lowest BCUT2D eigenvalue weighted by molar-refractivity contribution is 0.0923. The third-order valence-corrected chi connectivity index (χ3v) is 8.42. The second-order valence-corrected chi connectivity index (χ2v) is 10.6. The number of rotatable bonds is 5. The highest BCUT2D eigenvalue weighted by Crippen LogP contribution is 2.44. The second kappa shape index (κ2) is 7.65. The van der Waals surface area contributed by atoms with Crippen molar-refractivity contribution in [2.75, 3.05) is 11.4 Å². The van der Waals surface area contributed by atoms with Gasteiger partial charge in [-0.2, -0.15) is 0 Å². The average molecular weight is 433 g/mol. The van der Waals surface area contributed by atoms with Crippen LogP contribution in [0.1, 0.15) is 41.6 Å². The Morgan fingerprint density at radius 3 is 2.45 bits per heavy atom. The molecule has 2 fully saturated rings. The lowest BCUT2D eigenvalue weighted by Gasteiger charge is -2.24. The van der Waals surface area contributed by atoms with Crippen molar-refractivity contribution < 1.29 is 13.2 Å². The Labute approximate surface area is 177 Å². The van der Waals surface area contributed by atoms with Crippen LogP contribution in [0.2, 0.25) is 5.02 Å². The molecule has 2 saturated carbocycles. The number of sulfonamides is 1. The second-order valence-electron chi connectivity index (χ2n) is 8.20. The summed E-state index contributed by atoms with van der Waals surface area (Å²) in [6, 6.07) is 11.6. The van der Waals surface area contributed by atoms with Gasteiger partial charge in [-0.25, -0.2) is 8.42 Å². The fourth-order valence-corrected chi connectivity index (χ4v) is 5.95. The van der Waals surface area contributed by atoms with Gasteiger partial charge in [0, 0.05) is 13.1 Å². The van der Waals surface area contributed by atoms with E-state index in [2.05, 4.69) is 5.32 Å². The quantitative estimate of drug-likeness (QED) is 0.761. The van der Waals surface area contributed by atoms with Gasteiger partial charge in [-0.1, -0.05) is 35.7 Å². The summed E-state index contributed by atoms with van der Waals surface area (Å²) in [5.74, 6) is 1.03. The molecule has 29 heavy (non-hydrogen) atoms. The first-order valence-corrected chi connectivity index (χ1v) is 11.7. The number of anilines is 1. The topological polar surface area (TPSA) is 66.5 Å². The standard InChI is InChI=1S/C22H25ClN2O3S/c1-14-3-8-18(9-4-14)29(27,28)25(2)17-7-10-20(23)19(13-17)22(26)24-21-12-15-5-6-16(21)11-15/h3-4,7-10,13,15-16,21H,5-6,11-12H2,1-2H3,(H,24,26)/t15-,16-,21-/m1/s1. The molecule has 7 heteroatoms. The summed E-state index contributed by atoms with van der Waals surface area (Å²) in [4.78, 5) is 13.1. The summed E-state index contributed by atoms with van der Waals surface area (Å²) in [7, 11) is -2.25. The number of carbonyl (C=O) groups excluding carboxylic acids is 1. The van der Waals surface area contributed by atoms with Crippen LogP contribution in [0.3, 0.4) is 0 Å². The molecule has 4 rings (SSSR count). The molecule has 0 aliphatic heterocycles. The number of amides is 1. The fourth-order valence-electron chi connectivity index (χ4n) is 4.56. The molecule has 0 aromatic heterocycles. The summed E-state index contributed by atoms with van der Waals surface area (Å²) < 4.78 is 27.1. The van der Waals surface area contributed by atoms with Crippen LogP contribution in [0.5, 0.6) is 0 Å². The molecule has 2 aromatic carbocycles. The average Bonchev–Trinajstić information content (AvgIpc) is 3.31. The molecule has 0 radical (unpaired) electrons. The Morgan fingerprint density at radius 1 is 1.10 bits per heavy atom. The first kappa shape index (κ1) is 20.2. The van der Waals surface area contributed by atoms with Crippen molar-refractivity contribution in [1.29, 1.82) is 0 Å². The van der Waals surface area contributed by atoms with E-state index >= 15 is 0 Å². The van der Waals surface area contributed by atoms with Crippen molar-refractivity contribution in [2.24, 2.45) is 11.8 Å². The van der Waals surface area contributed by atoms with Gasteiger partial charge in [-0.3, -0.25) is 9.10 Å². The summed E-state index contributed by atoms with van der Waals surface area (Å²) in [6.07, 6.45) is 4.64. The lowest BCUT2D eigenvalue weighted by atomic mass is 9.95. The zero-order valence-corrected chi connectivity index (χ0v) is 18.1. The van der Waals surface area contributed by atoms with E-state index in [1.165, 1.54) is 30.6 Å². The van der Waals surface area contributed by atoms with Crippen LogP contribution in [0.4, 0.5) is 5.69 Å². The van der Waals surface area contributed by atoms with E-state index in [-0.39, 0.29) is 16.8 Å². The first-order valence-electron chi connectivity index (χ1n) is 9.91. The molecule has 5 nitrogen and oxygen atoms in total. The SMILES string of the molecule is Cc1ccc(S(=O)(=O)N(C)c2ccc(Cl)c(C(=O)N[C@@H]3C[C@@H]4CC[C@@H]3C4)c2)cc1. The highest BCUT2D eigenvalue weighted by atomic mass is 35.5. The Hall–Kier alpha value is -2.05. The summed E-state index contributed by atoms with van der Waals surface area (Å²) in [5.41, 5.74) is 1.68. The highest BCUT2D eigenvalue weighted by Gasteiger charge is 2.40. The Kier molecular flexibility index (Phi) is 5.34. The molecule has 3 atom stereocenters. The number of hydrogen-bond donors (Lipinski definition) is 1. The van der Waals surface area contributed by atoms with Crippen LogP contribution in [-0.2, 0) is 10.0 Å². The van der Waals surface area contributed by atoms with E-state index < -0.39 is 10.0 Å². The predicted octanol–water partition coefficient (Wildman–Crippen LogP) is 4.39. The third kappa shape index (κ3) is 3.88. The minimum Gasteiger partial charge on any atom is -0.349 e. The molecular formula is C22H25ClN2O3S. The van der Waals surface area contributed by atoms with E-state index in [0.717, 1.165) is 17.9 Å². The monoisotopic (exact) mass is 432 g/mol. The Balaban J connectivity index is 1.57. The molecule has 2 bridgehead atoms. The first-order chi connectivity index (χ1) is 13.8. The summed E-state index contributed by atoms with van der Waals surface area (Å²) in [6.45, 7) is 1.90. The Morgan fingerprint density at radius 2 is 1.83 bits per heavy atom. The number of nitrogens with one attached hydrogen (secondary N) is 1. The van der Waals surface area contributed by atoms with E-state index in [9.17, 15) is 13.2 Å². The van der Waals surface area contributed by atoms with Gasteiger partial charge >= 0.3 is 0 Å². The largest absolute Gasteiger partial charge is 0.349 e. The van der Waals surface area contributed by atoms with Gasteiger partial charge in [0.1, 0.15) is 0 Å². The van der Waals surface area contributed by atoms with Crippen molar-refractivity contribution in [2.45, 2.75) is 43.5 Å². The van der Waals surface area contributed by atoms with Gasteiger partial charge in [0.25, 0.3) is 15.9 Å². The maximum Gasteiger partial charge on any atom is 0.264 e. The molecule has 0 heterocycles. The van der Waals surface area contributed by atoms with E-state index in [1.807, 2.05) is 6.92 Å². The summed E-state index contributed by atoms with van der Waals surface area (Å²) >= 11 is 6.28. The van der Waals surface area contributed by atoms with Crippen molar-refractivity contribution in [3.8, 4) is 0 Å². The molecule has 1 amide bonds. The summed E-state index contributed by atoms with van der Waals surface area (Å²) in [5, 5.41) is 3.43. The van der Waals surface area contributed by atoms with Gasteiger partial charge in [0.15, 0.2) is 0 Å². The van der Waals surface area contributed by atoms with Crippen molar-refractivity contribution in [1.82, 2.24) is 5.32 Å². The molecule has 0 spiro atoms. The fraction of sp³-hybridized carbons (Fsp3) is 0.409. The van der Waals surface area contributed by atoms with Gasteiger partial charge in [-0.15, -0.1) is 0 Å². The van der Waals surface area contributed by atoms with Crippen LogP contribution in [0.25, 0.3) is 0 Å². The molecular weight excluding hydrogens is 408 g/mol. The number of fused-ring (bicyclic) bond motifs is 2. The molecule has 2 aromatic rings. The van der Waals surface area contributed by atoms with Crippen LogP contribution in [0.15, 0.2) is 47.4 Å². The van der Waals surface area contributed by atoms with Gasteiger partial charge in [0.05, 0.1) is 21.2 Å². The smallest absolute Gasteiger partial charge is 0.264 e. The van der Waals surface area contributed by atoms with E-state index in [0.29, 0.717) is 22.2 Å². The maximum atomic E-state index is 13.0. The highest BCUT2D eigenvalue weighted by molar-refractivity contribution is 7.92. The number of nitrogens with zero attached hydrogens (tertiary/aromatic N) is 1. The zero-order valence-electron chi connectivity index (χ0n) is 16.6. The number of halogens is 1. The molecule has 0 unspecified atom stereocenters. The predicted molar refractivity (Wildman–Crippen MR) is 115 cm³/mol. The molecule has 2 aliphatic rings. The number of aryl methyl sites for hydroxylation is 1. The van der Waals surface area contributed by atoms with Crippen molar-refractivity contribution >= 4 is 33.2 Å². The van der Waals surface area contributed by atoms with Crippen LogP contribution in [0, 0.1) is 18.8 Å². The lowest BCUT2D eigenvalue weighted by Crippen LogP contribution is -2.38. The molecule has 2 aliphatic carbocycles. The van der Waals surface area contributed by atoms with Gasteiger partial charge in [0.2, 0.25) is 0 Å². The minimum absolute atomic E-state index is 0.190. The number of hydrogen-bond acceptors (Lipinski definition) is 3. The van der Waals surface area contributed by atoms with Gasteiger partial charge < -0.3 is 5.32 Å². The Bertz CT molecular complexity index is 1040. The van der Waals surface area contributed by atoms with Crippen LogP contribution >= 0.6 is 11.6 Å². The number of benzene rings is 2. The zero-order chi connectivity index (χ0) is 20.8. The molecule has 0 saturated heterocycles. The van der Waals surface area contributed by atoms with Crippen LogP contribution in [-0.4, -0.2) is 27.4 Å². The third-order valence-electron chi connectivity index (χ3n) is 6.29. The van der Waals surface area contributed by atoms with E-state index in [1.54, 1.807) is 42.5 Å².